The summed E-state index contributed by atoms with van der Waals surface area (Å²) in [4.78, 5) is 12.0. The minimum Gasteiger partial charge on any atom is -0.351 e. The molecule has 0 unspecified atom stereocenters. The van der Waals surface area contributed by atoms with Gasteiger partial charge in [0, 0.05) is 15.7 Å². The van der Waals surface area contributed by atoms with Crippen LogP contribution in [0.4, 0.5) is 0 Å². The number of rotatable bonds is 5. The van der Waals surface area contributed by atoms with E-state index in [2.05, 4.69) is 34.8 Å². The first-order valence-electron chi connectivity index (χ1n) is 6.19. The molecular formula is C14H18INO. The van der Waals surface area contributed by atoms with E-state index in [4.69, 9.17) is 0 Å². The standard InChI is InChI=1S/C14H18INO/c1-2-6-14(7-8-14)10-16-13(17)11-4-3-5-12(15)9-11/h3-5,9H,2,6-8,10H2,1H3,(H,16,17). The van der Waals surface area contributed by atoms with E-state index in [0.717, 1.165) is 15.7 Å². The van der Waals surface area contributed by atoms with E-state index in [9.17, 15) is 4.79 Å². The molecule has 0 heterocycles. The number of amides is 1. The predicted molar refractivity (Wildman–Crippen MR) is 78.1 cm³/mol. The second-order valence-electron chi connectivity index (χ2n) is 4.94. The SMILES string of the molecule is CCCC1(CNC(=O)c2cccc(I)c2)CC1. The summed E-state index contributed by atoms with van der Waals surface area (Å²) < 4.78 is 1.10. The van der Waals surface area contributed by atoms with Gasteiger partial charge in [-0.15, -0.1) is 0 Å². The Labute approximate surface area is 116 Å². The number of hydrogen-bond donors (Lipinski definition) is 1. The van der Waals surface area contributed by atoms with Gasteiger partial charge < -0.3 is 5.32 Å². The molecule has 0 spiro atoms. The maximum atomic E-state index is 12.0. The molecule has 1 aromatic rings. The molecule has 1 aliphatic rings. The van der Waals surface area contributed by atoms with Crippen LogP contribution in [0.5, 0.6) is 0 Å². The molecule has 0 aliphatic heterocycles. The Morgan fingerprint density at radius 3 is 2.82 bits per heavy atom. The Kier molecular flexibility index (Phi) is 4.07. The van der Waals surface area contributed by atoms with E-state index in [1.165, 1.54) is 25.7 Å². The topological polar surface area (TPSA) is 29.1 Å². The lowest BCUT2D eigenvalue weighted by atomic mass is 10.0. The van der Waals surface area contributed by atoms with Crippen LogP contribution >= 0.6 is 22.6 Å². The minimum atomic E-state index is 0.0610. The molecule has 1 aromatic carbocycles. The summed E-state index contributed by atoms with van der Waals surface area (Å²) in [6.45, 7) is 3.05. The highest BCUT2D eigenvalue weighted by Crippen LogP contribution is 2.48. The zero-order chi connectivity index (χ0) is 12.3. The van der Waals surface area contributed by atoms with Crippen LogP contribution < -0.4 is 5.32 Å². The molecule has 2 rings (SSSR count). The molecule has 1 amide bonds. The van der Waals surface area contributed by atoms with Gasteiger partial charge in [0.15, 0.2) is 0 Å². The fourth-order valence-corrected chi connectivity index (χ4v) is 2.76. The Morgan fingerprint density at radius 2 is 2.24 bits per heavy atom. The van der Waals surface area contributed by atoms with Gasteiger partial charge in [-0.25, -0.2) is 0 Å². The molecule has 0 atom stereocenters. The maximum Gasteiger partial charge on any atom is 0.251 e. The molecule has 92 valence electrons. The predicted octanol–water partition coefficient (Wildman–Crippen LogP) is 3.60. The van der Waals surface area contributed by atoms with E-state index in [1.807, 2.05) is 24.3 Å². The lowest BCUT2D eigenvalue weighted by Gasteiger charge is -2.14. The van der Waals surface area contributed by atoms with Crippen LogP contribution in [0.2, 0.25) is 0 Å². The van der Waals surface area contributed by atoms with Crippen molar-refractivity contribution in [1.82, 2.24) is 5.32 Å². The lowest BCUT2D eigenvalue weighted by Crippen LogP contribution is -2.30. The Bertz CT molecular complexity index is 412. The van der Waals surface area contributed by atoms with Crippen molar-refractivity contribution in [1.29, 1.82) is 0 Å². The van der Waals surface area contributed by atoms with Crippen LogP contribution in [0, 0.1) is 8.99 Å². The molecule has 2 nitrogen and oxygen atoms in total. The number of carbonyl (C=O) groups is 1. The number of hydrogen-bond acceptors (Lipinski definition) is 1. The van der Waals surface area contributed by atoms with Crippen molar-refractivity contribution in [3.05, 3.63) is 33.4 Å². The third-order valence-corrected chi connectivity index (χ3v) is 4.12. The summed E-state index contributed by atoms with van der Waals surface area (Å²) >= 11 is 2.23. The number of carbonyl (C=O) groups excluding carboxylic acids is 1. The van der Waals surface area contributed by atoms with Crippen LogP contribution in [0.1, 0.15) is 43.0 Å². The van der Waals surface area contributed by atoms with Crippen molar-refractivity contribution < 1.29 is 4.79 Å². The Morgan fingerprint density at radius 1 is 1.47 bits per heavy atom. The van der Waals surface area contributed by atoms with Crippen molar-refractivity contribution in [3.8, 4) is 0 Å². The zero-order valence-corrected chi connectivity index (χ0v) is 12.3. The van der Waals surface area contributed by atoms with E-state index in [-0.39, 0.29) is 5.91 Å². The second kappa shape index (κ2) is 5.38. The number of benzene rings is 1. The number of nitrogens with one attached hydrogen (secondary N) is 1. The van der Waals surface area contributed by atoms with Gasteiger partial charge in [-0.1, -0.05) is 19.4 Å². The van der Waals surface area contributed by atoms with Crippen LogP contribution in [0.25, 0.3) is 0 Å². The molecular weight excluding hydrogens is 325 g/mol. The summed E-state index contributed by atoms with van der Waals surface area (Å²) in [5, 5.41) is 3.07. The lowest BCUT2D eigenvalue weighted by molar-refractivity contribution is 0.0943. The van der Waals surface area contributed by atoms with Gasteiger partial charge in [-0.2, -0.15) is 0 Å². The summed E-state index contributed by atoms with van der Waals surface area (Å²) in [5.74, 6) is 0.0610. The fourth-order valence-electron chi connectivity index (χ4n) is 2.22. The third-order valence-electron chi connectivity index (χ3n) is 3.45. The van der Waals surface area contributed by atoms with Gasteiger partial charge in [-0.05, 0) is 65.5 Å². The van der Waals surface area contributed by atoms with Gasteiger partial charge in [0.25, 0.3) is 5.91 Å². The highest BCUT2D eigenvalue weighted by Gasteiger charge is 2.41. The second-order valence-corrected chi connectivity index (χ2v) is 6.19. The van der Waals surface area contributed by atoms with Gasteiger partial charge in [-0.3, -0.25) is 4.79 Å². The first-order chi connectivity index (χ1) is 8.15. The summed E-state index contributed by atoms with van der Waals surface area (Å²) in [6, 6.07) is 7.72. The molecule has 1 N–H and O–H groups in total. The van der Waals surface area contributed by atoms with Crippen molar-refractivity contribution in [2.24, 2.45) is 5.41 Å². The van der Waals surface area contributed by atoms with Crippen LogP contribution in [0.15, 0.2) is 24.3 Å². The highest BCUT2D eigenvalue weighted by atomic mass is 127. The Balaban J connectivity index is 1.90. The molecule has 1 saturated carbocycles. The molecule has 0 saturated heterocycles. The normalized spacial score (nSPS) is 16.6. The molecule has 1 fully saturated rings. The molecule has 0 aromatic heterocycles. The molecule has 0 bridgehead atoms. The molecule has 0 radical (unpaired) electrons. The van der Waals surface area contributed by atoms with E-state index in [0.29, 0.717) is 5.41 Å². The smallest absolute Gasteiger partial charge is 0.251 e. The summed E-state index contributed by atoms with van der Waals surface area (Å²) in [5.41, 5.74) is 1.19. The van der Waals surface area contributed by atoms with Crippen LogP contribution in [-0.4, -0.2) is 12.5 Å². The molecule has 3 heteroatoms. The molecule has 17 heavy (non-hydrogen) atoms. The van der Waals surface area contributed by atoms with Gasteiger partial charge in [0.1, 0.15) is 0 Å². The van der Waals surface area contributed by atoms with Gasteiger partial charge in [0.2, 0.25) is 0 Å². The van der Waals surface area contributed by atoms with E-state index in [1.54, 1.807) is 0 Å². The van der Waals surface area contributed by atoms with E-state index < -0.39 is 0 Å². The van der Waals surface area contributed by atoms with Gasteiger partial charge in [0.05, 0.1) is 0 Å². The monoisotopic (exact) mass is 343 g/mol. The fraction of sp³-hybridized carbons (Fsp3) is 0.500. The Hall–Kier alpha value is -0.580. The first kappa shape index (κ1) is 12.9. The number of halogens is 1. The van der Waals surface area contributed by atoms with Crippen LogP contribution in [0.3, 0.4) is 0 Å². The van der Waals surface area contributed by atoms with Gasteiger partial charge >= 0.3 is 0 Å². The average Bonchev–Trinajstić information content (AvgIpc) is 3.07. The first-order valence-corrected chi connectivity index (χ1v) is 7.27. The highest BCUT2D eigenvalue weighted by molar-refractivity contribution is 14.1. The van der Waals surface area contributed by atoms with Crippen molar-refractivity contribution in [2.45, 2.75) is 32.6 Å². The molecule has 1 aliphatic carbocycles. The summed E-state index contributed by atoms with van der Waals surface area (Å²) in [6.07, 6.45) is 4.99. The quantitative estimate of drug-likeness (QED) is 0.814. The average molecular weight is 343 g/mol. The summed E-state index contributed by atoms with van der Waals surface area (Å²) in [7, 11) is 0. The zero-order valence-electron chi connectivity index (χ0n) is 10.1. The maximum absolute atomic E-state index is 12.0. The third kappa shape index (κ3) is 3.44. The largest absolute Gasteiger partial charge is 0.351 e. The van der Waals surface area contributed by atoms with Crippen molar-refractivity contribution in [2.75, 3.05) is 6.54 Å². The van der Waals surface area contributed by atoms with Crippen molar-refractivity contribution in [3.63, 3.8) is 0 Å². The van der Waals surface area contributed by atoms with Crippen molar-refractivity contribution >= 4 is 28.5 Å². The van der Waals surface area contributed by atoms with Crippen LogP contribution in [-0.2, 0) is 0 Å². The minimum absolute atomic E-state index is 0.0610. The van der Waals surface area contributed by atoms with E-state index >= 15 is 0 Å².